The summed E-state index contributed by atoms with van der Waals surface area (Å²) in [5, 5.41) is 4.26. The van der Waals surface area contributed by atoms with Crippen molar-refractivity contribution in [1.82, 2.24) is 9.78 Å². The SMILES string of the molecule is Cn1nc(N)c(CC2C3CC4CC(C3)CC2C4)c1N. The standard InChI is InChI=1S/C15H24N4/c1-19-15(17)13(14(16)18-19)7-12-10-3-8-2-9(5-10)6-11(12)4-8/h8-12H,2-7,17H2,1H3,(H2,16,18). The molecule has 0 unspecified atom stereocenters. The molecule has 0 radical (unpaired) electrons. The van der Waals surface area contributed by atoms with Crippen molar-refractivity contribution in [3.63, 3.8) is 0 Å². The average Bonchev–Trinajstić information content (AvgIpc) is 2.58. The van der Waals surface area contributed by atoms with Gasteiger partial charge in [-0.1, -0.05) is 0 Å². The number of aromatic nitrogens is 2. The maximum Gasteiger partial charge on any atom is 0.150 e. The molecule has 19 heavy (non-hydrogen) atoms. The smallest absolute Gasteiger partial charge is 0.150 e. The Morgan fingerprint density at radius 2 is 1.63 bits per heavy atom. The lowest BCUT2D eigenvalue weighted by molar-refractivity contribution is -0.0358. The summed E-state index contributed by atoms with van der Waals surface area (Å²) in [4.78, 5) is 0. The van der Waals surface area contributed by atoms with Crippen molar-refractivity contribution >= 4 is 11.6 Å². The molecule has 0 saturated heterocycles. The van der Waals surface area contributed by atoms with E-state index < -0.39 is 0 Å². The van der Waals surface area contributed by atoms with Crippen molar-refractivity contribution in [2.45, 2.75) is 38.5 Å². The zero-order chi connectivity index (χ0) is 13.1. The number of nitrogen functional groups attached to an aromatic ring is 2. The monoisotopic (exact) mass is 260 g/mol. The van der Waals surface area contributed by atoms with Crippen LogP contribution in [0.4, 0.5) is 11.6 Å². The van der Waals surface area contributed by atoms with Gasteiger partial charge in [-0.3, -0.25) is 4.68 Å². The average molecular weight is 260 g/mol. The molecule has 4 N–H and O–H groups in total. The van der Waals surface area contributed by atoms with Gasteiger partial charge < -0.3 is 11.5 Å². The van der Waals surface area contributed by atoms with E-state index in [1.165, 1.54) is 32.1 Å². The molecule has 4 nitrogen and oxygen atoms in total. The molecule has 4 saturated carbocycles. The van der Waals surface area contributed by atoms with Crippen LogP contribution in [0.1, 0.15) is 37.7 Å². The second-order valence-corrected chi connectivity index (χ2v) is 7.17. The second kappa shape index (κ2) is 3.90. The second-order valence-electron chi connectivity index (χ2n) is 7.17. The summed E-state index contributed by atoms with van der Waals surface area (Å²) in [6.45, 7) is 0. The fraction of sp³-hybridized carbons (Fsp3) is 0.800. The van der Waals surface area contributed by atoms with Crippen LogP contribution in [0.25, 0.3) is 0 Å². The summed E-state index contributed by atoms with van der Waals surface area (Å²) in [6.07, 6.45) is 8.39. The van der Waals surface area contributed by atoms with Crippen molar-refractivity contribution < 1.29 is 0 Å². The maximum atomic E-state index is 6.13. The lowest BCUT2D eigenvalue weighted by Crippen LogP contribution is -2.45. The van der Waals surface area contributed by atoms with Gasteiger partial charge in [0.15, 0.2) is 5.82 Å². The van der Waals surface area contributed by atoms with Gasteiger partial charge >= 0.3 is 0 Å². The third-order valence-corrected chi connectivity index (χ3v) is 6.09. The van der Waals surface area contributed by atoms with E-state index in [0.717, 1.165) is 47.4 Å². The number of rotatable bonds is 2. The van der Waals surface area contributed by atoms with E-state index in [1.54, 1.807) is 4.68 Å². The molecule has 0 atom stereocenters. The highest BCUT2D eigenvalue weighted by Gasteiger charge is 2.48. The van der Waals surface area contributed by atoms with Crippen LogP contribution < -0.4 is 11.5 Å². The molecule has 4 fully saturated rings. The molecule has 1 aromatic rings. The summed E-state index contributed by atoms with van der Waals surface area (Å²) in [7, 11) is 1.88. The molecule has 0 amide bonds. The Balaban J connectivity index is 1.60. The van der Waals surface area contributed by atoms with Crippen LogP contribution in [0.5, 0.6) is 0 Å². The van der Waals surface area contributed by atoms with E-state index >= 15 is 0 Å². The van der Waals surface area contributed by atoms with Gasteiger partial charge in [0, 0.05) is 12.6 Å². The van der Waals surface area contributed by atoms with Gasteiger partial charge in [-0.25, -0.2) is 0 Å². The van der Waals surface area contributed by atoms with Crippen LogP contribution in [0.15, 0.2) is 0 Å². The summed E-state index contributed by atoms with van der Waals surface area (Å²) < 4.78 is 1.72. The van der Waals surface area contributed by atoms with Gasteiger partial charge in [-0.2, -0.15) is 5.10 Å². The van der Waals surface area contributed by atoms with Crippen LogP contribution in [-0.2, 0) is 13.5 Å². The molecular weight excluding hydrogens is 236 g/mol. The molecule has 0 spiro atoms. The van der Waals surface area contributed by atoms with Gasteiger partial charge in [0.05, 0.1) is 0 Å². The first-order valence-corrected chi connectivity index (χ1v) is 7.68. The molecular formula is C15H24N4. The van der Waals surface area contributed by atoms with Crippen molar-refractivity contribution in [2.75, 3.05) is 11.5 Å². The van der Waals surface area contributed by atoms with Crippen molar-refractivity contribution in [2.24, 2.45) is 36.6 Å². The van der Waals surface area contributed by atoms with E-state index in [0.29, 0.717) is 5.82 Å². The Hall–Kier alpha value is -1.19. The molecule has 104 valence electrons. The molecule has 4 aliphatic rings. The van der Waals surface area contributed by atoms with E-state index in [1.807, 2.05) is 7.05 Å². The molecule has 1 aromatic heterocycles. The van der Waals surface area contributed by atoms with Gasteiger partial charge in [0.1, 0.15) is 5.82 Å². The van der Waals surface area contributed by atoms with Crippen molar-refractivity contribution in [3.8, 4) is 0 Å². The van der Waals surface area contributed by atoms with E-state index in [4.69, 9.17) is 11.5 Å². The summed E-state index contributed by atoms with van der Waals surface area (Å²) >= 11 is 0. The fourth-order valence-corrected chi connectivity index (χ4v) is 5.42. The van der Waals surface area contributed by atoms with Crippen LogP contribution in [0.2, 0.25) is 0 Å². The maximum absolute atomic E-state index is 6.13. The Morgan fingerprint density at radius 3 is 2.11 bits per heavy atom. The Morgan fingerprint density at radius 1 is 1.05 bits per heavy atom. The zero-order valence-electron chi connectivity index (χ0n) is 11.7. The molecule has 0 aromatic carbocycles. The Bertz CT molecular complexity index is 476. The molecule has 1 heterocycles. The molecule has 4 aliphatic carbocycles. The van der Waals surface area contributed by atoms with Gasteiger partial charge in [0.2, 0.25) is 0 Å². The first kappa shape index (κ1) is 11.6. The van der Waals surface area contributed by atoms with Crippen molar-refractivity contribution in [3.05, 3.63) is 5.56 Å². The van der Waals surface area contributed by atoms with Crippen LogP contribution in [0, 0.1) is 29.6 Å². The predicted molar refractivity (Wildman–Crippen MR) is 76.3 cm³/mol. The number of nitrogens with zero attached hydrogens (tertiary/aromatic N) is 2. The normalized spacial score (nSPS) is 39.9. The summed E-state index contributed by atoms with van der Waals surface area (Å²) in [5.41, 5.74) is 13.3. The molecule has 4 bridgehead atoms. The number of anilines is 2. The van der Waals surface area contributed by atoms with E-state index in [9.17, 15) is 0 Å². The highest BCUT2D eigenvalue weighted by atomic mass is 15.3. The lowest BCUT2D eigenvalue weighted by Gasteiger charge is -2.54. The number of hydrogen-bond donors (Lipinski definition) is 2. The third-order valence-electron chi connectivity index (χ3n) is 6.09. The van der Waals surface area contributed by atoms with Gasteiger partial charge in [-0.05, 0) is 68.1 Å². The Labute approximate surface area is 114 Å². The first-order valence-electron chi connectivity index (χ1n) is 7.68. The van der Waals surface area contributed by atoms with E-state index in [-0.39, 0.29) is 0 Å². The van der Waals surface area contributed by atoms with Gasteiger partial charge in [-0.15, -0.1) is 0 Å². The largest absolute Gasteiger partial charge is 0.384 e. The van der Waals surface area contributed by atoms with Crippen LogP contribution in [-0.4, -0.2) is 9.78 Å². The topological polar surface area (TPSA) is 69.9 Å². The number of hydrogen-bond acceptors (Lipinski definition) is 3. The lowest BCUT2D eigenvalue weighted by atomic mass is 9.51. The highest BCUT2D eigenvalue weighted by molar-refractivity contribution is 5.54. The zero-order valence-corrected chi connectivity index (χ0v) is 11.7. The van der Waals surface area contributed by atoms with Crippen molar-refractivity contribution in [1.29, 1.82) is 0 Å². The molecule has 0 aliphatic heterocycles. The minimum Gasteiger partial charge on any atom is -0.384 e. The van der Waals surface area contributed by atoms with Gasteiger partial charge in [0.25, 0.3) is 0 Å². The molecule has 4 heteroatoms. The minimum atomic E-state index is 0.647. The molecule has 5 rings (SSSR count). The quantitative estimate of drug-likeness (QED) is 0.856. The predicted octanol–water partition coefficient (Wildman–Crippen LogP) is 2.20. The Kier molecular flexibility index (Phi) is 2.39. The fourth-order valence-electron chi connectivity index (χ4n) is 5.42. The number of nitrogens with two attached hydrogens (primary N) is 2. The summed E-state index contributed by atoms with van der Waals surface area (Å²) in [5.74, 6) is 6.14. The minimum absolute atomic E-state index is 0.647. The first-order chi connectivity index (χ1) is 9.11. The van der Waals surface area contributed by atoms with Crippen LogP contribution in [0.3, 0.4) is 0 Å². The number of aryl methyl sites for hydroxylation is 1. The van der Waals surface area contributed by atoms with E-state index in [2.05, 4.69) is 5.10 Å². The summed E-state index contributed by atoms with van der Waals surface area (Å²) in [6, 6.07) is 0. The van der Waals surface area contributed by atoms with Crippen LogP contribution >= 0.6 is 0 Å². The third kappa shape index (κ3) is 1.68. The highest BCUT2D eigenvalue weighted by Crippen LogP contribution is 2.57.